The number of hydrogen-bond acceptors (Lipinski definition) is 5. The number of likely N-dealkylation sites (tertiary alicyclic amines) is 1. The average molecular weight is 422 g/mol. The number of piperidine rings is 1. The molecule has 1 unspecified atom stereocenters. The van der Waals surface area contributed by atoms with Crippen LogP contribution in [0.25, 0.3) is 0 Å². The molecule has 1 aliphatic carbocycles. The van der Waals surface area contributed by atoms with Gasteiger partial charge in [0, 0.05) is 32.2 Å². The van der Waals surface area contributed by atoms with Crippen molar-refractivity contribution in [2.45, 2.75) is 32.0 Å². The summed E-state index contributed by atoms with van der Waals surface area (Å²) >= 11 is 1.74. The van der Waals surface area contributed by atoms with Crippen molar-refractivity contribution >= 4 is 23.3 Å². The molecule has 3 rings (SSSR count). The molecule has 0 bridgehead atoms. The first-order valence-electron chi connectivity index (χ1n) is 8.89. The van der Waals surface area contributed by atoms with Gasteiger partial charge in [-0.3, -0.25) is 4.90 Å². The number of carbonyl (C=O) groups is 2. The molecule has 1 spiro atoms. The topological polar surface area (TPSA) is 85.8 Å². The predicted octanol–water partition coefficient (Wildman–Crippen LogP) is 2.65. The number of halogens is 3. The van der Waals surface area contributed by atoms with Gasteiger partial charge in [-0.05, 0) is 43.7 Å². The third-order valence-electron chi connectivity index (χ3n) is 5.20. The maximum Gasteiger partial charge on any atom is 0.490 e. The summed E-state index contributed by atoms with van der Waals surface area (Å²) in [4.78, 5) is 29.0. The maximum atomic E-state index is 11.6. The quantitative estimate of drug-likeness (QED) is 0.779. The number of thiazole rings is 1. The van der Waals surface area contributed by atoms with Gasteiger partial charge in [-0.25, -0.2) is 14.6 Å². The smallest absolute Gasteiger partial charge is 0.475 e. The molecule has 1 aromatic rings. The molecular weight excluding hydrogens is 397 g/mol. The first kappa shape index (κ1) is 22.4. The number of aliphatic carboxylic acids is 1. The Labute approximate surface area is 165 Å². The van der Waals surface area contributed by atoms with Crippen LogP contribution >= 0.6 is 11.3 Å². The van der Waals surface area contributed by atoms with E-state index in [1.807, 2.05) is 11.6 Å². The van der Waals surface area contributed by atoms with E-state index in [0.29, 0.717) is 11.3 Å². The minimum Gasteiger partial charge on any atom is -0.475 e. The van der Waals surface area contributed by atoms with E-state index in [1.165, 1.54) is 24.3 Å². The largest absolute Gasteiger partial charge is 0.490 e. The summed E-state index contributed by atoms with van der Waals surface area (Å²) in [5.41, 5.74) is 0.513. The molecule has 1 aliphatic heterocycles. The lowest BCUT2D eigenvalue weighted by molar-refractivity contribution is -0.192. The fourth-order valence-electron chi connectivity index (χ4n) is 3.38. The summed E-state index contributed by atoms with van der Waals surface area (Å²) in [6.07, 6.45) is 0.614. The van der Waals surface area contributed by atoms with Gasteiger partial charge in [0.05, 0.1) is 6.54 Å². The van der Waals surface area contributed by atoms with Crippen molar-refractivity contribution in [3.05, 3.63) is 16.6 Å². The van der Waals surface area contributed by atoms with Crippen LogP contribution in [0.2, 0.25) is 0 Å². The van der Waals surface area contributed by atoms with Crippen LogP contribution in [0.3, 0.4) is 0 Å². The van der Waals surface area contributed by atoms with E-state index in [9.17, 15) is 18.0 Å². The number of nitrogens with one attached hydrogen (secondary N) is 1. The molecule has 2 heterocycles. The zero-order valence-corrected chi connectivity index (χ0v) is 16.6. The lowest BCUT2D eigenvalue weighted by atomic mass is 9.91. The van der Waals surface area contributed by atoms with Crippen molar-refractivity contribution in [2.24, 2.45) is 11.3 Å². The van der Waals surface area contributed by atoms with E-state index in [-0.39, 0.29) is 6.03 Å². The average Bonchev–Trinajstić information content (AvgIpc) is 3.01. The summed E-state index contributed by atoms with van der Waals surface area (Å²) in [6.45, 7) is 4.16. The highest BCUT2D eigenvalue weighted by Gasteiger charge is 2.54. The number of alkyl halides is 3. The zero-order chi connectivity index (χ0) is 20.9. The van der Waals surface area contributed by atoms with Crippen LogP contribution in [0, 0.1) is 11.3 Å². The summed E-state index contributed by atoms with van der Waals surface area (Å²) in [5, 5.41) is 13.4. The van der Waals surface area contributed by atoms with Crippen molar-refractivity contribution in [3.8, 4) is 0 Å². The van der Waals surface area contributed by atoms with E-state index in [1.54, 1.807) is 30.3 Å². The van der Waals surface area contributed by atoms with Crippen molar-refractivity contribution in [2.75, 3.05) is 33.7 Å². The lowest BCUT2D eigenvalue weighted by Crippen LogP contribution is -2.38. The van der Waals surface area contributed by atoms with Crippen molar-refractivity contribution in [1.82, 2.24) is 20.1 Å². The molecule has 11 heteroatoms. The number of carboxylic acid groups (broad SMARTS) is 1. The van der Waals surface area contributed by atoms with Crippen LogP contribution in [-0.4, -0.2) is 71.8 Å². The van der Waals surface area contributed by atoms with E-state index in [0.717, 1.165) is 26.2 Å². The van der Waals surface area contributed by atoms with E-state index < -0.39 is 12.1 Å². The van der Waals surface area contributed by atoms with Crippen LogP contribution in [0.4, 0.5) is 18.0 Å². The first-order valence-corrected chi connectivity index (χ1v) is 9.77. The number of aromatic nitrogens is 1. The highest BCUT2D eigenvalue weighted by atomic mass is 32.1. The molecule has 1 saturated carbocycles. The number of rotatable bonds is 4. The Bertz CT molecular complexity index is 659. The minimum absolute atomic E-state index is 0.0262. The fraction of sp³-hybridized carbons (Fsp3) is 0.706. The molecule has 2 aliphatic rings. The van der Waals surface area contributed by atoms with Gasteiger partial charge in [0.25, 0.3) is 0 Å². The number of nitrogens with zero attached hydrogens (tertiary/aromatic N) is 3. The molecule has 2 fully saturated rings. The minimum atomic E-state index is -5.08. The molecule has 28 heavy (non-hydrogen) atoms. The third-order valence-corrected chi connectivity index (χ3v) is 5.97. The first-order chi connectivity index (χ1) is 13.0. The van der Waals surface area contributed by atoms with Gasteiger partial charge in [0.1, 0.15) is 5.01 Å². The summed E-state index contributed by atoms with van der Waals surface area (Å²) in [5.74, 6) is -2.07. The standard InChI is InChI=1S/C15H24N4OS.C2HF3O2/c1-18(2)14(20)17-10-12-9-15(12)3-6-19(7-4-15)11-13-16-5-8-21-13;3-2(4,5)1(6)7/h5,8,12H,3-4,6-7,9-11H2,1-2H3,(H,17,20);(H,6,7). The number of hydrogen-bond donors (Lipinski definition) is 2. The summed E-state index contributed by atoms with van der Waals surface area (Å²) < 4.78 is 31.7. The van der Waals surface area contributed by atoms with Crippen molar-refractivity contribution < 1.29 is 27.9 Å². The monoisotopic (exact) mass is 422 g/mol. The lowest BCUT2D eigenvalue weighted by Gasteiger charge is -2.32. The fourth-order valence-corrected chi connectivity index (χ4v) is 4.04. The SMILES string of the molecule is CN(C)C(=O)NCC1CC12CCN(Cc1nccs1)CC2.O=C(O)C(F)(F)F. The Morgan fingerprint density at radius 3 is 2.46 bits per heavy atom. The Hall–Kier alpha value is -1.88. The molecule has 1 atom stereocenters. The Balaban J connectivity index is 0.000000345. The van der Waals surface area contributed by atoms with Gasteiger partial charge in [0.2, 0.25) is 0 Å². The van der Waals surface area contributed by atoms with Crippen molar-refractivity contribution in [1.29, 1.82) is 0 Å². The third kappa shape index (κ3) is 6.33. The second-order valence-corrected chi connectivity index (χ2v) is 8.33. The molecule has 1 aromatic heterocycles. The Morgan fingerprint density at radius 2 is 2.00 bits per heavy atom. The van der Waals surface area contributed by atoms with Gasteiger partial charge in [-0.15, -0.1) is 11.3 Å². The van der Waals surface area contributed by atoms with Gasteiger partial charge >= 0.3 is 18.2 Å². The molecule has 7 nitrogen and oxygen atoms in total. The van der Waals surface area contributed by atoms with Crippen LogP contribution in [-0.2, 0) is 11.3 Å². The summed E-state index contributed by atoms with van der Waals surface area (Å²) in [6, 6.07) is 0.0262. The van der Waals surface area contributed by atoms with E-state index in [4.69, 9.17) is 9.90 Å². The number of amides is 2. The zero-order valence-electron chi connectivity index (χ0n) is 15.8. The van der Waals surface area contributed by atoms with E-state index >= 15 is 0 Å². The number of urea groups is 1. The molecule has 2 amide bonds. The van der Waals surface area contributed by atoms with Crippen LogP contribution in [0.15, 0.2) is 11.6 Å². The summed E-state index contributed by atoms with van der Waals surface area (Å²) in [7, 11) is 3.57. The van der Waals surface area contributed by atoms with Crippen LogP contribution in [0.1, 0.15) is 24.3 Å². The van der Waals surface area contributed by atoms with Gasteiger partial charge in [-0.2, -0.15) is 13.2 Å². The van der Waals surface area contributed by atoms with Crippen LogP contribution in [0.5, 0.6) is 0 Å². The van der Waals surface area contributed by atoms with Gasteiger partial charge < -0.3 is 15.3 Å². The Morgan fingerprint density at radius 1 is 1.39 bits per heavy atom. The molecule has 2 N–H and O–H groups in total. The highest BCUT2D eigenvalue weighted by Crippen LogP contribution is 2.59. The number of carboxylic acids is 1. The predicted molar refractivity (Wildman–Crippen MR) is 97.9 cm³/mol. The van der Waals surface area contributed by atoms with Gasteiger partial charge in [0.15, 0.2) is 0 Å². The molecule has 0 aromatic carbocycles. The number of carbonyl (C=O) groups excluding carboxylic acids is 1. The van der Waals surface area contributed by atoms with Crippen molar-refractivity contribution in [3.63, 3.8) is 0 Å². The second-order valence-electron chi connectivity index (χ2n) is 7.35. The molecular formula is C17H25F3N4O3S. The van der Waals surface area contributed by atoms with Crippen LogP contribution < -0.4 is 5.32 Å². The normalized spacial score (nSPS) is 20.8. The Kier molecular flexibility index (Phi) is 7.27. The van der Waals surface area contributed by atoms with Gasteiger partial charge in [-0.1, -0.05) is 0 Å². The molecule has 1 saturated heterocycles. The maximum absolute atomic E-state index is 11.6. The second kappa shape index (κ2) is 9.08. The molecule has 158 valence electrons. The van der Waals surface area contributed by atoms with E-state index in [2.05, 4.69) is 15.2 Å². The molecule has 0 radical (unpaired) electrons. The highest BCUT2D eigenvalue weighted by molar-refractivity contribution is 7.09.